The van der Waals surface area contributed by atoms with Crippen molar-refractivity contribution in [2.45, 2.75) is 13.1 Å². The number of anilines is 1. The fourth-order valence-corrected chi connectivity index (χ4v) is 1.40. The molecule has 2 heterocycles. The summed E-state index contributed by atoms with van der Waals surface area (Å²) in [6, 6.07) is 0.738. The number of hydrogen-bond donors (Lipinski definition) is 1. The number of rotatable bonds is 2. The summed E-state index contributed by atoms with van der Waals surface area (Å²) in [5.41, 5.74) is -1.13. The van der Waals surface area contributed by atoms with Gasteiger partial charge in [0.2, 0.25) is 5.88 Å². The van der Waals surface area contributed by atoms with E-state index in [1.54, 1.807) is 6.92 Å². The Hall–Kier alpha value is -2.38. The topological polar surface area (TPSA) is 68.0 Å². The van der Waals surface area contributed by atoms with Crippen molar-refractivity contribution < 1.29 is 22.5 Å². The fraction of sp³-hybridized carbons (Fsp3) is 0.182. The molecule has 0 aromatic carbocycles. The van der Waals surface area contributed by atoms with E-state index in [0.29, 0.717) is 5.56 Å². The Kier molecular flexibility index (Phi) is 3.24. The van der Waals surface area contributed by atoms with Crippen molar-refractivity contribution in [3.8, 4) is 0 Å². The number of pyridine rings is 1. The summed E-state index contributed by atoms with van der Waals surface area (Å²) >= 11 is 0. The second-order valence-electron chi connectivity index (χ2n) is 3.71. The summed E-state index contributed by atoms with van der Waals surface area (Å²) in [6.45, 7) is 1.60. The number of carbonyl (C=O) groups is 1. The molecule has 2 rings (SSSR count). The van der Waals surface area contributed by atoms with E-state index in [2.05, 4.69) is 15.5 Å². The molecule has 100 valence electrons. The van der Waals surface area contributed by atoms with Gasteiger partial charge in [-0.1, -0.05) is 5.16 Å². The van der Waals surface area contributed by atoms with Crippen LogP contribution in [0, 0.1) is 6.92 Å². The number of alkyl halides is 3. The molecule has 0 saturated heterocycles. The van der Waals surface area contributed by atoms with Crippen LogP contribution < -0.4 is 5.32 Å². The predicted octanol–water partition coefficient (Wildman–Crippen LogP) is 2.65. The molecule has 2 aromatic rings. The molecule has 8 heteroatoms. The molecule has 2 aromatic heterocycles. The highest BCUT2D eigenvalue weighted by Crippen LogP contribution is 2.31. The molecule has 0 fully saturated rings. The van der Waals surface area contributed by atoms with Crippen molar-refractivity contribution in [3.05, 3.63) is 41.3 Å². The Balaban J connectivity index is 2.32. The third-order valence-electron chi connectivity index (χ3n) is 2.35. The predicted molar refractivity (Wildman–Crippen MR) is 58.4 cm³/mol. The number of aryl methyl sites for hydroxylation is 1. The zero-order valence-electron chi connectivity index (χ0n) is 9.65. The lowest BCUT2D eigenvalue weighted by Crippen LogP contribution is -2.19. The molecule has 0 atom stereocenters. The Bertz CT molecular complexity index is 607. The van der Waals surface area contributed by atoms with E-state index in [-0.39, 0.29) is 5.88 Å². The molecule has 0 radical (unpaired) electrons. The minimum absolute atomic E-state index is 0.00183. The first-order chi connectivity index (χ1) is 8.89. The first-order valence-corrected chi connectivity index (χ1v) is 5.13. The molecule has 0 unspecified atom stereocenters. The highest BCUT2D eigenvalue weighted by atomic mass is 19.4. The summed E-state index contributed by atoms with van der Waals surface area (Å²) in [5.74, 6) is -0.956. The highest BCUT2D eigenvalue weighted by Gasteiger charge is 2.35. The summed E-state index contributed by atoms with van der Waals surface area (Å²) in [6.07, 6.45) is -1.47. The number of carbonyl (C=O) groups excluding carboxylic acids is 1. The van der Waals surface area contributed by atoms with Gasteiger partial charge < -0.3 is 4.52 Å². The van der Waals surface area contributed by atoms with Gasteiger partial charge in [-0.15, -0.1) is 0 Å². The third kappa shape index (κ3) is 2.72. The number of hydrogen-bond acceptors (Lipinski definition) is 4. The van der Waals surface area contributed by atoms with E-state index < -0.39 is 23.2 Å². The number of nitrogens with zero attached hydrogens (tertiary/aromatic N) is 2. The van der Waals surface area contributed by atoms with Crippen LogP contribution in [0.2, 0.25) is 0 Å². The maximum atomic E-state index is 12.7. The largest absolute Gasteiger partial charge is 0.417 e. The summed E-state index contributed by atoms with van der Waals surface area (Å²) in [7, 11) is 0. The van der Waals surface area contributed by atoms with Gasteiger partial charge >= 0.3 is 6.18 Å². The minimum atomic E-state index is -4.63. The van der Waals surface area contributed by atoms with Gasteiger partial charge in [0.1, 0.15) is 0 Å². The summed E-state index contributed by atoms with van der Waals surface area (Å²) < 4.78 is 42.9. The summed E-state index contributed by atoms with van der Waals surface area (Å²) in [4.78, 5) is 15.3. The third-order valence-corrected chi connectivity index (χ3v) is 2.35. The van der Waals surface area contributed by atoms with Gasteiger partial charge in [0, 0.05) is 18.0 Å². The van der Waals surface area contributed by atoms with E-state index in [1.165, 1.54) is 6.20 Å². The van der Waals surface area contributed by atoms with Gasteiger partial charge in [-0.05, 0) is 13.0 Å². The average molecular weight is 271 g/mol. The van der Waals surface area contributed by atoms with Crippen LogP contribution in [0.4, 0.5) is 19.1 Å². The second kappa shape index (κ2) is 4.71. The van der Waals surface area contributed by atoms with Crippen LogP contribution in [0.3, 0.4) is 0 Å². The number of nitrogens with one attached hydrogen (secondary N) is 1. The maximum absolute atomic E-state index is 12.7. The first-order valence-electron chi connectivity index (χ1n) is 5.13. The van der Waals surface area contributed by atoms with Crippen LogP contribution in [0.25, 0.3) is 0 Å². The molecule has 1 N–H and O–H groups in total. The van der Waals surface area contributed by atoms with Crippen LogP contribution in [0.5, 0.6) is 0 Å². The van der Waals surface area contributed by atoms with E-state index in [0.717, 1.165) is 18.5 Å². The average Bonchev–Trinajstić information content (AvgIpc) is 2.74. The zero-order valence-corrected chi connectivity index (χ0v) is 9.65. The van der Waals surface area contributed by atoms with Crippen molar-refractivity contribution in [1.29, 1.82) is 0 Å². The van der Waals surface area contributed by atoms with E-state index in [4.69, 9.17) is 4.52 Å². The second-order valence-corrected chi connectivity index (χ2v) is 3.71. The van der Waals surface area contributed by atoms with Gasteiger partial charge in [-0.25, -0.2) is 0 Å². The number of aromatic nitrogens is 2. The quantitative estimate of drug-likeness (QED) is 0.911. The van der Waals surface area contributed by atoms with Gasteiger partial charge in [-0.2, -0.15) is 13.2 Å². The van der Waals surface area contributed by atoms with Gasteiger partial charge in [0.15, 0.2) is 0 Å². The lowest BCUT2D eigenvalue weighted by atomic mass is 10.1. The lowest BCUT2D eigenvalue weighted by Gasteiger charge is -2.11. The Morgan fingerprint density at radius 3 is 2.68 bits per heavy atom. The van der Waals surface area contributed by atoms with Crippen LogP contribution in [0.15, 0.2) is 29.2 Å². The molecular weight excluding hydrogens is 263 g/mol. The summed E-state index contributed by atoms with van der Waals surface area (Å²) in [5, 5.41) is 5.62. The van der Waals surface area contributed by atoms with Gasteiger partial charge in [0.25, 0.3) is 5.91 Å². The van der Waals surface area contributed by atoms with Gasteiger partial charge in [0.05, 0.1) is 17.3 Å². The van der Waals surface area contributed by atoms with Gasteiger partial charge in [-0.3, -0.25) is 15.1 Å². The SMILES string of the molecule is Cc1cnoc1NC(=O)c1cnccc1C(F)(F)F. The normalized spacial score (nSPS) is 11.4. The zero-order chi connectivity index (χ0) is 14.0. The molecule has 0 aliphatic heterocycles. The molecule has 0 bridgehead atoms. The monoisotopic (exact) mass is 271 g/mol. The Morgan fingerprint density at radius 1 is 1.37 bits per heavy atom. The van der Waals surface area contributed by atoms with Crippen LogP contribution in [-0.2, 0) is 6.18 Å². The van der Waals surface area contributed by atoms with Crippen molar-refractivity contribution in [2.24, 2.45) is 0 Å². The molecule has 0 aliphatic rings. The van der Waals surface area contributed by atoms with Crippen molar-refractivity contribution in [1.82, 2.24) is 10.1 Å². The molecule has 0 saturated carbocycles. The van der Waals surface area contributed by atoms with Crippen LogP contribution in [0.1, 0.15) is 21.5 Å². The highest BCUT2D eigenvalue weighted by molar-refractivity contribution is 6.04. The molecule has 5 nitrogen and oxygen atoms in total. The number of halogens is 3. The molecule has 0 aliphatic carbocycles. The molecular formula is C11H8F3N3O2. The molecule has 0 spiro atoms. The van der Waals surface area contributed by atoms with Crippen molar-refractivity contribution in [2.75, 3.05) is 5.32 Å². The fourth-order valence-electron chi connectivity index (χ4n) is 1.40. The number of amides is 1. The molecule has 1 amide bonds. The van der Waals surface area contributed by atoms with E-state index >= 15 is 0 Å². The van der Waals surface area contributed by atoms with Crippen LogP contribution >= 0.6 is 0 Å². The minimum Gasteiger partial charge on any atom is -0.338 e. The van der Waals surface area contributed by atoms with E-state index in [9.17, 15) is 18.0 Å². The smallest absolute Gasteiger partial charge is 0.338 e. The van der Waals surface area contributed by atoms with Crippen LogP contribution in [-0.4, -0.2) is 16.0 Å². The van der Waals surface area contributed by atoms with Crippen molar-refractivity contribution >= 4 is 11.8 Å². The molecule has 19 heavy (non-hydrogen) atoms. The maximum Gasteiger partial charge on any atom is 0.417 e. The standard InChI is InChI=1S/C11H8F3N3O2/c1-6-4-16-19-10(6)17-9(18)7-5-15-3-2-8(7)11(12,13)14/h2-5H,1H3,(H,17,18). The lowest BCUT2D eigenvalue weighted by molar-refractivity contribution is -0.138. The van der Waals surface area contributed by atoms with E-state index in [1.807, 2.05) is 0 Å². The first kappa shape index (κ1) is 13.1. The van der Waals surface area contributed by atoms with Crippen molar-refractivity contribution in [3.63, 3.8) is 0 Å². The Labute approximate surface area is 105 Å². The Morgan fingerprint density at radius 2 is 2.11 bits per heavy atom.